The van der Waals surface area contributed by atoms with Crippen molar-refractivity contribution in [3.8, 4) is 0 Å². The van der Waals surface area contributed by atoms with E-state index in [-0.39, 0.29) is 6.04 Å². The smallest absolute Gasteiger partial charge is 0.328 e. The van der Waals surface area contributed by atoms with Crippen molar-refractivity contribution in [2.24, 2.45) is 0 Å². The summed E-state index contributed by atoms with van der Waals surface area (Å²) in [5, 5.41) is 23.0. The zero-order chi connectivity index (χ0) is 14.6. The lowest BCUT2D eigenvalue weighted by Gasteiger charge is -2.27. The predicted octanol–water partition coefficient (Wildman–Crippen LogP) is 1.85. The zero-order valence-electron chi connectivity index (χ0n) is 11.2. The summed E-state index contributed by atoms with van der Waals surface area (Å²) < 4.78 is 0. The second-order valence-electron chi connectivity index (χ2n) is 4.98. The van der Waals surface area contributed by atoms with Crippen LogP contribution in [0.4, 0.5) is 0 Å². The van der Waals surface area contributed by atoms with Crippen LogP contribution in [0, 0.1) is 10.1 Å². The van der Waals surface area contributed by atoms with E-state index >= 15 is 0 Å². The zero-order valence-corrected chi connectivity index (χ0v) is 11.2. The average Bonchev–Trinajstić information content (AvgIpc) is 2.35. The Morgan fingerprint density at radius 3 is 2.32 bits per heavy atom. The van der Waals surface area contributed by atoms with E-state index in [0.29, 0.717) is 0 Å². The fourth-order valence-corrected chi connectivity index (χ4v) is 1.77. The van der Waals surface area contributed by atoms with Crippen LogP contribution >= 0.6 is 0 Å². The van der Waals surface area contributed by atoms with E-state index in [1.807, 2.05) is 30.3 Å². The first-order chi connectivity index (χ1) is 8.76. The molecule has 2 atom stereocenters. The largest absolute Gasteiger partial charge is 0.480 e. The average molecular weight is 266 g/mol. The van der Waals surface area contributed by atoms with Crippen LogP contribution in [-0.4, -0.2) is 27.6 Å². The molecule has 0 aliphatic carbocycles. The summed E-state index contributed by atoms with van der Waals surface area (Å²) in [4.78, 5) is 21.7. The van der Waals surface area contributed by atoms with Crippen LogP contribution in [0.25, 0.3) is 0 Å². The van der Waals surface area contributed by atoms with Gasteiger partial charge in [0.05, 0.1) is 0 Å². The molecule has 1 aromatic rings. The maximum absolute atomic E-state index is 11.3. The fourth-order valence-electron chi connectivity index (χ4n) is 1.77. The molecule has 0 unspecified atom stereocenters. The molecule has 6 nitrogen and oxygen atoms in total. The van der Waals surface area contributed by atoms with E-state index < -0.39 is 22.5 Å². The Kier molecular flexibility index (Phi) is 4.61. The van der Waals surface area contributed by atoms with Crippen LogP contribution in [0.15, 0.2) is 30.3 Å². The predicted molar refractivity (Wildman–Crippen MR) is 70.5 cm³/mol. The molecule has 0 aliphatic rings. The van der Waals surface area contributed by atoms with Gasteiger partial charge in [0.2, 0.25) is 5.54 Å². The third-order valence-corrected chi connectivity index (χ3v) is 3.14. The second-order valence-corrected chi connectivity index (χ2v) is 4.98. The van der Waals surface area contributed by atoms with Crippen LogP contribution in [0.2, 0.25) is 0 Å². The normalized spacial score (nSPS) is 14.7. The molecule has 0 amide bonds. The minimum atomic E-state index is -1.59. The fraction of sp³-hybridized carbons (Fsp3) is 0.462. The molecule has 104 valence electrons. The van der Waals surface area contributed by atoms with E-state index in [1.54, 1.807) is 6.92 Å². The Bertz CT molecular complexity index is 459. The monoisotopic (exact) mass is 266 g/mol. The van der Waals surface area contributed by atoms with Gasteiger partial charge in [-0.3, -0.25) is 20.2 Å². The van der Waals surface area contributed by atoms with E-state index in [1.165, 1.54) is 13.8 Å². The van der Waals surface area contributed by atoms with Crippen molar-refractivity contribution in [2.75, 3.05) is 0 Å². The number of hydrogen-bond acceptors (Lipinski definition) is 4. The summed E-state index contributed by atoms with van der Waals surface area (Å²) in [7, 11) is 0. The maximum Gasteiger partial charge on any atom is 0.328 e. The molecule has 19 heavy (non-hydrogen) atoms. The molecule has 0 bridgehead atoms. The molecule has 2 N–H and O–H groups in total. The highest BCUT2D eigenvalue weighted by atomic mass is 16.6. The van der Waals surface area contributed by atoms with Gasteiger partial charge in [0.25, 0.3) is 0 Å². The third-order valence-electron chi connectivity index (χ3n) is 3.14. The second kappa shape index (κ2) is 5.79. The van der Waals surface area contributed by atoms with Gasteiger partial charge in [0.1, 0.15) is 0 Å². The lowest BCUT2D eigenvalue weighted by atomic mass is 9.94. The third kappa shape index (κ3) is 3.51. The molecule has 0 saturated carbocycles. The molecule has 0 heterocycles. The number of rotatable bonds is 6. The Hall–Kier alpha value is -1.95. The Labute approximate surface area is 111 Å². The van der Waals surface area contributed by atoms with Crippen molar-refractivity contribution >= 4 is 5.97 Å². The Morgan fingerprint density at radius 1 is 1.37 bits per heavy atom. The van der Waals surface area contributed by atoms with Gasteiger partial charge in [-0.1, -0.05) is 30.3 Å². The van der Waals surface area contributed by atoms with Gasteiger partial charge in [-0.05, 0) is 12.5 Å². The number of hydrogen-bond donors (Lipinski definition) is 2. The van der Waals surface area contributed by atoms with Gasteiger partial charge in [-0.25, -0.2) is 0 Å². The van der Waals surface area contributed by atoms with Crippen LogP contribution in [-0.2, 0) is 4.79 Å². The van der Waals surface area contributed by atoms with E-state index in [0.717, 1.165) is 5.56 Å². The van der Waals surface area contributed by atoms with Crippen molar-refractivity contribution in [1.29, 1.82) is 0 Å². The molecular weight excluding hydrogens is 248 g/mol. The molecule has 0 fully saturated rings. The minimum Gasteiger partial charge on any atom is -0.480 e. The standard InChI is InChI=1S/C13H18N2O4/c1-9(10-7-5-4-6-8-10)14-11(12(16)17)13(2,3)15(18)19/h4-9,11,14H,1-3H3,(H,16,17)/t9-,11+/m1/s1. The number of carbonyl (C=O) groups is 1. The molecular formula is C13H18N2O4. The van der Waals surface area contributed by atoms with Crippen LogP contribution in [0.3, 0.4) is 0 Å². The number of nitrogens with one attached hydrogen (secondary N) is 1. The van der Waals surface area contributed by atoms with Crippen LogP contribution in [0.1, 0.15) is 32.4 Å². The highest BCUT2D eigenvalue weighted by Crippen LogP contribution is 2.19. The summed E-state index contributed by atoms with van der Waals surface area (Å²) in [5.74, 6) is -1.23. The number of carboxylic acid groups (broad SMARTS) is 1. The molecule has 1 aromatic carbocycles. The summed E-state index contributed by atoms with van der Waals surface area (Å²) in [6.45, 7) is 4.38. The van der Waals surface area contributed by atoms with Gasteiger partial charge >= 0.3 is 5.97 Å². The molecule has 0 saturated heterocycles. The maximum atomic E-state index is 11.3. The van der Waals surface area contributed by atoms with Crippen LogP contribution < -0.4 is 5.32 Å². The van der Waals surface area contributed by atoms with Crippen molar-refractivity contribution in [3.05, 3.63) is 46.0 Å². The molecule has 6 heteroatoms. The highest BCUT2D eigenvalue weighted by molar-refractivity contribution is 5.75. The topological polar surface area (TPSA) is 92.5 Å². The molecule has 0 spiro atoms. The SMILES string of the molecule is C[C@@H](N[C@@H](C(=O)O)C(C)(C)[N+](=O)[O-])c1ccccc1. The van der Waals surface area contributed by atoms with E-state index in [9.17, 15) is 20.0 Å². The molecule has 0 aliphatic heterocycles. The quantitative estimate of drug-likeness (QED) is 0.605. The van der Waals surface area contributed by atoms with Gasteiger partial charge in [-0.2, -0.15) is 0 Å². The van der Waals surface area contributed by atoms with Crippen molar-refractivity contribution in [3.63, 3.8) is 0 Å². The van der Waals surface area contributed by atoms with Crippen molar-refractivity contribution < 1.29 is 14.8 Å². The first kappa shape index (κ1) is 15.1. The summed E-state index contributed by atoms with van der Waals surface area (Å²) >= 11 is 0. The van der Waals surface area contributed by atoms with Crippen molar-refractivity contribution in [1.82, 2.24) is 5.32 Å². The Balaban J connectivity index is 2.92. The van der Waals surface area contributed by atoms with Gasteiger partial charge in [0.15, 0.2) is 6.04 Å². The lowest BCUT2D eigenvalue weighted by molar-refractivity contribution is -0.563. The summed E-state index contributed by atoms with van der Waals surface area (Å²) in [6.07, 6.45) is 0. The van der Waals surface area contributed by atoms with Gasteiger partial charge in [-0.15, -0.1) is 0 Å². The molecule has 0 radical (unpaired) electrons. The van der Waals surface area contributed by atoms with E-state index in [2.05, 4.69) is 5.32 Å². The van der Waals surface area contributed by atoms with E-state index in [4.69, 9.17) is 0 Å². The highest BCUT2D eigenvalue weighted by Gasteiger charge is 2.46. The Morgan fingerprint density at radius 2 is 1.89 bits per heavy atom. The number of nitro groups is 1. The first-order valence-electron chi connectivity index (χ1n) is 5.95. The van der Waals surface area contributed by atoms with Crippen LogP contribution in [0.5, 0.6) is 0 Å². The van der Waals surface area contributed by atoms with Gasteiger partial charge < -0.3 is 5.11 Å². The lowest BCUT2D eigenvalue weighted by Crippen LogP contribution is -2.56. The number of aliphatic carboxylic acids is 1. The van der Waals surface area contributed by atoms with Crippen molar-refractivity contribution in [2.45, 2.75) is 38.4 Å². The number of benzene rings is 1. The van der Waals surface area contributed by atoms with Gasteiger partial charge in [0, 0.05) is 24.8 Å². The molecule has 1 rings (SSSR count). The summed E-state index contributed by atoms with van der Waals surface area (Å²) in [5.41, 5.74) is -0.706. The number of nitrogens with zero attached hydrogens (tertiary/aromatic N) is 1. The first-order valence-corrected chi connectivity index (χ1v) is 5.95. The minimum absolute atomic E-state index is 0.290. The molecule has 0 aromatic heterocycles. The number of carboxylic acids is 1. The summed E-state index contributed by atoms with van der Waals surface area (Å²) in [6, 6.07) is 7.65.